The van der Waals surface area contributed by atoms with Crippen LogP contribution in [0.5, 0.6) is 11.5 Å². The maximum atomic E-state index is 12.3. The number of aliphatic hydroxyl groups excluding tert-OH is 1. The first-order valence-electron chi connectivity index (χ1n) is 8.00. The molecule has 0 heterocycles. The van der Waals surface area contributed by atoms with E-state index in [9.17, 15) is 4.79 Å². The van der Waals surface area contributed by atoms with Crippen molar-refractivity contribution in [2.45, 2.75) is 45.1 Å². The number of benzene rings is 1. The van der Waals surface area contributed by atoms with Gasteiger partial charge < -0.3 is 20.3 Å². The van der Waals surface area contributed by atoms with Crippen molar-refractivity contribution in [1.29, 1.82) is 0 Å². The van der Waals surface area contributed by atoms with Crippen LogP contribution in [-0.4, -0.2) is 24.3 Å². The van der Waals surface area contributed by atoms with E-state index in [0.717, 1.165) is 31.2 Å². The van der Waals surface area contributed by atoms with Crippen molar-refractivity contribution in [2.75, 3.05) is 13.2 Å². The van der Waals surface area contributed by atoms with Gasteiger partial charge in [0.1, 0.15) is 0 Å². The molecule has 1 aliphatic rings. The molecule has 0 spiro atoms. The molecule has 1 aromatic carbocycles. The molecule has 0 amide bonds. The Morgan fingerprint density at radius 3 is 2.68 bits per heavy atom. The molecule has 122 valence electrons. The van der Waals surface area contributed by atoms with E-state index in [1.165, 1.54) is 6.42 Å². The van der Waals surface area contributed by atoms with Crippen LogP contribution >= 0.6 is 0 Å². The first-order valence-corrected chi connectivity index (χ1v) is 8.00. The first kappa shape index (κ1) is 16.8. The van der Waals surface area contributed by atoms with Gasteiger partial charge in [0.15, 0.2) is 11.5 Å². The predicted molar refractivity (Wildman–Crippen MR) is 83.8 cm³/mol. The summed E-state index contributed by atoms with van der Waals surface area (Å²) in [6, 6.07) is 4.71. The Kier molecular flexibility index (Phi) is 6.21. The number of rotatable bonds is 6. The lowest BCUT2D eigenvalue weighted by Gasteiger charge is -2.21. The quantitative estimate of drug-likeness (QED) is 0.623. The second kappa shape index (κ2) is 8.15. The van der Waals surface area contributed by atoms with Gasteiger partial charge in [-0.1, -0.05) is 25.3 Å². The highest BCUT2D eigenvalue weighted by molar-refractivity contribution is 5.76. The van der Waals surface area contributed by atoms with Gasteiger partial charge in [-0.15, -0.1) is 0 Å². The van der Waals surface area contributed by atoms with Crippen LogP contribution in [0.1, 0.15) is 50.6 Å². The highest BCUT2D eigenvalue weighted by Gasteiger charge is 2.24. The molecule has 0 saturated heterocycles. The van der Waals surface area contributed by atoms with Gasteiger partial charge in [0.05, 0.1) is 25.2 Å². The second-order valence-electron chi connectivity index (χ2n) is 5.68. The molecule has 1 aromatic rings. The Labute approximate surface area is 131 Å². The Morgan fingerprint density at radius 1 is 1.32 bits per heavy atom. The monoisotopic (exact) mass is 307 g/mol. The van der Waals surface area contributed by atoms with Crippen LogP contribution in [0.25, 0.3) is 0 Å². The molecule has 3 N–H and O–H groups in total. The fourth-order valence-corrected chi connectivity index (χ4v) is 2.74. The van der Waals surface area contributed by atoms with Crippen LogP contribution in [0, 0.1) is 5.92 Å². The summed E-state index contributed by atoms with van der Waals surface area (Å²) in [5, 5.41) is 9.14. The van der Waals surface area contributed by atoms with Gasteiger partial charge in [-0.2, -0.15) is 0 Å². The van der Waals surface area contributed by atoms with E-state index < -0.39 is 6.04 Å². The third-order valence-electron chi connectivity index (χ3n) is 4.04. The van der Waals surface area contributed by atoms with Crippen molar-refractivity contribution in [2.24, 2.45) is 11.7 Å². The van der Waals surface area contributed by atoms with Crippen LogP contribution in [0.2, 0.25) is 0 Å². The van der Waals surface area contributed by atoms with Crippen LogP contribution in [-0.2, 0) is 4.79 Å². The zero-order valence-corrected chi connectivity index (χ0v) is 13.1. The van der Waals surface area contributed by atoms with Crippen molar-refractivity contribution < 1.29 is 19.4 Å². The van der Waals surface area contributed by atoms with Crippen molar-refractivity contribution in [3.8, 4) is 11.5 Å². The van der Waals surface area contributed by atoms with Crippen molar-refractivity contribution in [3.05, 3.63) is 23.8 Å². The normalized spacial score (nSPS) is 17.0. The molecule has 1 atom stereocenters. The zero-order chi connectivity index (χ0) is 15.9. The second-order valence-corrected chi connectivity index (χ2v) is 5.68. The largest absolute Gasteiger partial charge is 0.490 e. The smallest absolute Gasteiger partial charge is 0.314 e. The van der Waals surface area contributed by atoms with E-state index in [2.05, 4.69) is 0 Å². The SMILES string of the molecule is CCOc1cc([C@H](N)CO)ccc1OC(=O)C1CCCCC1. The predicted octanol–water partition coefficient (Wildman–Crippen LogP) is 2.56. The number of ether oxygens (including phenoxy) is 2. The number of hydrogen-bond donors (Lipinski definition) is 2. The fourth-order valence-electron chi connectivity index (χ4n) is 2.74. The number of carbonyl (C=O) groups excluding carboxylic acids is 1. The number of aliphatic hydroxyl groups is 1. The minimum absolute atomic E-state index is 0.0115. The Morgan fingerprint density at radius 2 is 2.05 bits per heavy atom. The van der Waals surface area contributed by atoms with Crippen LogP contribution in [0.4, 0.5) is 0 Å². The van der Waals surface area contributed by atoms with Crippen molar-refractivity contribution in [1.82, 2.24) is 0 Å². The van der Waals surface area contributed by atoms with E-state index in [-0.39, 0.29) is 18.5 Å². The molecule has 0 aliphatic heterocycles. The summed E-state index contributed by atoms with van der Waals surface area (Å²) < 4.78 is 11.1. The number of carbonyl (C=O) groups is 1. The van der Waals surface area contributed by atoms with E-state index in [1.807, 2.05) is 6.92 Å². The topological polar surface area (TPSA) is 81.8 Å². The first-order chi connectivity index (χ1) is 10.7. The summed E-state index contributed by atoms with van der Waals surface area (Å²) in [5.41, 5.74) is 6.57. The molecule has 0 bridgehead atoms. The third-order valence-corrected chi connectivity index (χ3v) is 4.04. The lowest BCUT2D eigenvalue weighted by Crippen LogP contribution is -2.23. The van der Waals surface area contributed by atoms with E-state index >= 15 is 0 Å². The molecule has 1 fully saturated rings. The standard InChI is InChI=1S/C17H25NO4/c1-2-21-16-10-13(14(18)11-19)8-9-15(16)22-17(20)12-6-4-3-5-7-12/h8-10,12,14,19H,2-7,11,18H2,1H3/t14-/m1/s1. The molecule has 22 heavy (non-hydrogen) atoms. The lowest BCUT2D eigenvalue weighted by molar-refractivity contribution is -0.140. The highest BCUT2D eigenvalue weighted by Crippen LogP contribution is 2.32. The maximum Gasteiger partial charge on any atom is 0.314 e. The summed E-state index contributed by atoms with van der Waals surface area (Å²) in [6.45, 7) is 2.18. The van der Waals surface area contributed by atoms with Gasteiger partial charge in [0.2, 0.25) is 0 Å². The van der Waals surface area contributed by atoms with Crippen LogP contribution < -0.4 is 15.2 Å². The molecule has 0 unspecified atom stereocenters. The summed E-state index contributed by atoms with van der Waals surface area (Å²) in [4.78, 5) is 12.3. The van der Waals surface area contributed by atoms with Crippen LogP contribution in [0.15, 0.2) is 18.2 Å². The van der Waals surface area contributed by atoms with Gasteiger partial charge in [0.25, 0.3) is 0 Å². The fraction of sp³-hybridized carbons (Fsp3) is 0.588. The van der Waals surface area contributed by atoms with E-state index in [1.54, 1.807) is 18.2 Å². The van der Waals surface area contributed by atoms with Gasteiger partial charge in [0, 0.05) is 0 Å². The minimum Gasteiger partial charge on any atom is -0.490 e. The summed E-state index contributed by atoms with van der Waals surface area (Å²) >= 11 is 0. The molecular formula is C17H25NO4. The molecule has 0 radical (unpaired) electrons. The third kappa shape index (κ3) is 4.21. The molecular weight excluding hydrogens is 282 g/mol. The molecule has 1 saturated carbocycles. The average molecular weight is 307 g/mol. The Balaban J connectivity index is 2.12. The molecule has 5 heteroatoms. The van der Waals surface area contributed by atoms with E-state index in [0.29, 0.717) is 18.1 Å². The van der Waals surface area contributed by atoms with Gasteiger partial charge in [-0.25, -0.2) is 0 Å². The van der Waals surface area contributed by atoms with Crippen molar-refractivity contribution in [3.63, 3.8) is 0 Å². The number of hydrogen-bond acceptors (Lipinski definition) is 5. The summed E-state index contributed by atoms with van der Waals surface area (Å²) in [7, 11) is 0. The van der Waals surface area contributed by atoms with E-state index in [4.69, 9.17) is 20.3 Å². The highest BCUT2D eigenvalue weighted by atomic mass is 16.6. The molecule has 0 aromatic heterocycles. The van der Waals surface area contributed by atoms with Gasteiger partial charge in [-0.05, 0) is 37.5 Å². The maximum absolute atomic E-state index is 12.3. The molecule has 2 rings (SSSR count). The average Bonchev–Trinajstić information content (AvgIpc) is 2.56. The zero-order valence-electron chi connectivity index (χ0n) is 13.1. The molecule has 1 aliphatic carbocycles. The number of nitrogens with two attached hydrogens (primary N) is 1. The van der Waals surface area contributed by atoms with Crippen molar-refractivity contribution >= 4 is 5.97 Å². The Hall–Kier alpha value is -1.59. The Bertz CT molecular complexity index is 497. The van der Waals surface area contributed by atoms with Gasteiger partial charge in [-0.3, -0.25) is 4.79 Å². The summed E-state index contributed by atoms with van der Waals surface area (Å²) in [5.74, 6) is 0.724. The lowest BCUT2D eigenvalue weighted by atomic mass is 9.89. The van der Waals surface area contributed by atoms with Gasteiger partial charge >= 0.3 is 5.97 Å². The number of esters is 1. The minimum atomic E-state index is -0.470. The van der Waals surface area contributed by atoms with Crippen LogP contribution in [0.3, 0.4) is 0 Å². The molecule has 5 nitrogen and oxygen atoms in total. The summed E-state index contributed by atoms with van der Waals surface area (Å²) in [6.07, 6.45) is 5.17.